The van der Waals surface area contributed by atoms with Crippen LogP contribution in [-0.4, -0.2) is 17.6 Å². The summed E-state index contributed by atoms with van der Waals surface area (Å²) in [5.74, 6) is 0.932. The fourth-order valence-electron chi connectivity index (χ4n) is 2.10. The number of carbonyl (C=O) groups excluding carboxylic acids is 1. The number of ether oxygens (including phenoxy) is 1. The fraction of sp³-hybridized carbons (Fsp3) is 0.263. The van der Waals surface area contributed by atoms with Crippen molar-refractivity contribution in [1.29, 1.82) is 0 Å². The van der Waals surface area contributed by atoms with Gasteiger partial charge < -0.3 is 10.1 Å². The third-order valence-electron chi connectivity index (χ3n) is 3.41. The second-order valence-corrected chi connectivity index (χ2v) is 7.41. The summed E-state index contributed by atoms with van der Waals surface area (Å²) in [6, 6.07) is 12.0. The van der Waals surface area contributed by atoms with Crippen LogP contribution < -0.4 is 15.4 Å². The molecule has 2 aromatic carbocycles. The molecule has 0 fully saturated rings. The molecule has 0 aliphatic heterocycles. The third-order valence-corrected chi connectivity index (χ3v) is 4.05. The molecule has 0 aliphatic rings. The first kappa shape index (κ1) is 20.5. The summed E-state index contributed by atoms with van der Waals surface area (Å²) in [4.78, 5) is 12.2. The molecule has 0 bridgehead atoms. The minimum atomic E-state index is -0.392. The number of carbonyl (C=O) groups is 1. The van der Waals surface area contributed by atoms with Gasteiger partial charge in [0.25, 0.3) is 5.91 Å². The second-order valence-electron chi connectivity index (χ2n) is 6.13. The van der Waals surface area contributed by atoms with Crippen LogP contribution in [-0.2, 0) is 0 Å². The molecule has 0 saturated carbocycles. The Labute approximate surface area is 168 Å². The van der Waals surface area contributed by atoms with Gasteiger partial charge >= 0.3 is 0 Å². The maximum absolute atomic E-state index is 12.2. The van der Waals surface area contributed by atoms with E-state index in [2.05, 4.69) is 24.5 Å². The van der Waals surface area contributed by atoms with Crippen molar-refractivity contribution in [2.24, 2.45) is 5.92 Å². The van der Waals surface area contributed by atoms with E-state index in [4.69, 9.17) is 40.2 Å². The van der Waals surface area contributed by atoms with Crippen molar-refractivity contribution in [2.75, 3.05) is 11.9 Å². The first-order chi connectivity index (χ1) is 12.3. The van der Waals surface area contributed by atoms with E-state index in [-0.39, 0.29) is 5.11 Å². The largest absolute Gasteiger partial charge is 0.494 e. The molecule has 138 valence electrons. The highest BCUT2D eigenvalue weighted by atomic mass is 35.5. The number of amides is 1. The minimum absolute atomic E-state index is 0.172. The lowest BCUT2D eigenvalue weighted by molar-refractivity contribution is 0.0977. The maximum Gasteiger partial charge on any atom is 0.257 e. The van der Waals surface area contributed by atoms with Crippen molar-refractivity contribution < 1.29 is 9.53 Å². The fourth-order valence-corrected chi connectivity index (χ4v) is 2.84. The van der Waals surface area contributed by atoms with Crippen molar-refractivity contribution in [3.05, 3.63) is 58.1 Å². The number of rotatable bonds is 6. The number of halogens is 2. The van der Waals surface area contributed by atoms with Gasteiger partial charge in [-0.05, 0) is 54.9 Å². The Morgan fingerprint density at radius 3 is 2.50 bits per heavy atom. The molecule has 2 aromatic rings. The molecular weight excluding hydrogens is 391 g/mol. The van der Waals surface area contributed by atoms with Gasteiger partial charge in [-0.1, -0.05) is 43.1 Å². The Morgan fingerprint density at radius 1 is 1.15 bits per heavy atom. The van der Waals surface area contributed by atoms with Gasteiger partial charge in [0.2, 0.25) is 0 Å². The summed E-state index contributed by atoms with van der Waals surface area (Å²) < 4.78 is 5.72. The summed E-state index contributed by atoms with van der Waals surface area (Å²) in [6.45, 7) is 4.95. The highest BCUT2D eigenvalue weighted by Gasteiger charge is 2.10. The van der Waals surface area contributed by atoms with Gasteiger partial charge in [0, 0.05) is 27.4 Å². The van der Waals surface area contributed by atoms with Crippen LogP contribution in [0.5, 0.6) is 5.75 Å². The molecule has 0 aromatic heterocycles. The van der Waals surface area contributed by atoms with Gasteiger partial charge in [-0.2, -0.15) is 0 Å². The van der Waals surface area contributed by atoms with E-state index >= 15 is 0 Å². The number of nitrogens with one attached hydrogen (secondary N) is 2. The molecule has 0 unspecified atom stereocenters. The molecule has 4 nitrogen and oxygen atoms in total. The van der Waals surface area contributed by atoms with E-state index in [0.717, 1.165) is 17.9 Å². The van der Waals surface area contributed by atoms with E-state index in [1.165, 1.54) is 12.1 Å². The van der Waals surface area contributed by atoms with Gasteiger partial charge in [-0.15, -0.1) is 0 Å². The third kappa shape index (κ3) is 6.83. The topological polar surface area (TPSA) is 50.4 Å². The summed E-state index contributed by atoms with van der Waals surface area (Å²) in [5, 5.41) is 6.50. The summed E-state index contributed by atoms with van der Waals surface area (Å²) in [7, 11) is 0. The summed E-state index contributed by atoms with van der Waals surface area (Å²) in [6.07, 6.45) is 0.980. The van der Waals surface area contributed by atoms with E-state index in [1.54, 1.807) is 6.07 Å². The van der Waals surface area contributed by atoms with Crippen LogP contribution in [0.3, 0.4) is 0 Å². The van der Waals surface area contributed by atoms with Crippen molar-refractivity contribution in [1.82, 2.24) is 5.32 Å². The maximum atomic E-state index is 12.2. The van der Waals surface area contributed by atoms with Gasteiger partial charge in [-0.3, -0.25) is 10.1 Å². The van der Waals surface area contributed by atoms with Crippen LogP contribution in [0.25, 0.3) is 0 Å². The van der Waals surface area contributed by atoms with Crippen LogP contribution in [0.15, 0.2) is 42.5 Å². The molecule has 0 saturated heterocycles. The van der Waals surface area contributed by atoms with E-state index in [0.29, 0.717) is 28.1 Å². The highest BCUT2D eigenvalue weighted by Crippen LogP contribution is 2.20. The zero-order chi connectivity index (χ0) is 19.1. The Kier molecular flexibility index (Phi) is 7.69. The monoisotopic (exact) mass is 410 g/mol. The normalized spacial score (nSPS) is 10.5. The molecule has 2 rings (SSSR count). The smallest absolute Gasteiger partial charge is 0.257 e. The Balaban J connectivity index is 1.93. The average Bonchev–Trinajstić information content (AvgIpc) is 2.53. The lowest BCUT2D eigenvalue weighted by Gasteiger charge is -2.12. The zero-order valence-corrected chi connectivity index (χ0v) is 16.8. The SMILES string of the molecule is CC(C)CCOc1cccc(NC(=S)NC(=O)c2cc(Cl)cc(Cl)c2)c1. The van der Waals surface area contributed by atoms with Crippen LogP contribution in [0.1, 0.15) is 30.6 Å². The highest BCUT2D eigenvalue weighted by molar-refractivity contribution is 7.80. The predicted molar refractivity (Wildman–Crippen MR) is 112 cm³/mol. The van der Waals surface area contributed by atoms with Crippen LogP contribution >= 0.6 is 35.4 Å². The van der Waals surface area contributed by atoms with Gasteiger partial charge in [-0.25, -0.2) is 0 Å². The lowest BCUT2D eigenvalue weighted by Crippen LogP contribution is -2.34. The van der Waals surface area contributed by atoms with Crippen molar-refractivity contribution in [3.63, 3.8) is 0 Å². The summed E-state index contributed by atoms with van der Waals surface area (Å²) in [5.41, 5.74) is 1.05. The lowest BCUT2D eigenvalue weighted by atomic mass is 10.1. The number of hydrogen-bond acceptors (Lipinski definition) is 3. The van der Waals surface area contributed by atoms with Crippen LogP contribution in [0, 0.1) is 5.92 Å². The molecule has 26 heavy (non-hydrogen) atoms. The number of benzene rings is 2. The van der Waals surface area contributed by atoms with Crippen molar-refractivity contribution in [3.8, 4) is 5.75 Å². The Morgan fingerprint density at radius 2 is 1.85 bits per heavy atom. The molecule has 7 heteroatoms. The van der Waals surface area contributed by atoms with Crippen molar-refractivity contribution in [2.45, 2.75) is 20.3 Å². The first-order valence-corrected chi connectivity index (χ1v) is 9.31. The predicted octanol–water partition coefficient (Wildman–Crippen LogP) is 5.55. The minimum Gasteiger partial charge on any atom is -0.494 e. The van der Waals surface area contributed by atoms with Gasteiger partial charge in [0.15, 0.2) is 5.11 Å². The van der Waals surface area contributed by atoms with E-state index < -0.39 is 5.91 Å². The molecule has 1 amide bonds. The molecule has 2 N–H and O–H groups in total. The number of thiocarbonyl (C=S) groups is 1. The quantitative estimate of drug-likeness (QED) is 0.613. The average molecular weight is 411 g/mol. The molecule has 0 atom stereocenters. The molecule has 0 radical (unpaired) electrons. The van der Waals surface area contributed by atoms with E-state index in [9.17, 15) is 4.79 Å². The molecule has 0 spiro atoms. The van der Waals surface area contributed by atoms with Crippen LogP contribution in [0.4, 0.5) is 5.69 Å². The van der Waals surface area contributed by atoms with Gasteiger partial charge in [0.05, 0.1) is 6.61 Å². The number of hydrogen-bond donors (Lipinski definition) is 2. The molecule has 0 heterocycles. The first-order valence-electron chi connectivity index (χ1n) is 8.15. The van der Waals surface area contributed by atoms with Gasteiger partial charge in [0.1, 0.15) is 5.75 Å². The Bertz CT molecular complexity index is 777. The van der Waals surface area contributed by atoms with E-state index in [1.807, 2.05) is 24.3 Å². The summed E-state index contributed by atoms with van der Waals surface area (Å²) >= 11 is 17.0. The second kappa shape index (κ2) is 9.76. The molecular formula is C19H20Cl2N2O2S. The van der Waals surface area contributed by atoms with Crippen LogP contribution in [0.2, 0.25) is 10.0 Å². The zero-order valence-electron chi connectivity index (χ0n) is 14.5. The Hall–Kier alpha value is -1.82. The molecule has 0 aliphatic carbocycles. The van der Waals surface area contributed by atoms with Crippen molar-refractivity contribution >= 4 is 52.1 Å². The standard InChI is InChI=1S/C19H20Cl2N2O2S/c1-12(2)6-7-25-17-5-3-4-16(11-17)22-19(26)23-18(24)13-8-14(20)10-15(21)9-13/h3-5,8-12H,6-7H2,1-2H3,(H2,22,23,24,26). The number of anilines is 1.